The number of pyridine rings is 1. The van der Waals surface area contributed by atoms with Crippen molar-refractivity contribution in [2.45, 2.75) is 24.8 Å². The lowest BCUT2D eigenvalue weighted by atomic mass is 10.1. The predicted octanol–water partition coefficient (Wildman–Crippen LogP) is 5.24. The molecule has 0 unspecified atom stereocenters. The lowest BCUT2D eigenvalue weighted by Gasteiger charge is -2.09. The molecular formula is C16H16BrN3OS2. The van der Waals surface area contributed by atoms with Gasteiger partial charge in [0.25, 0.3) is 0 Å². The van der Waals surface area contributed by atoms with E-state index in [0.29, 0.717) is 6.04 Å². The molecule has 0 saturated heterocycles. The molecule has 23 heavy (non-hydrogen) atoms. The van der Waals surface area contributed by atoms with Crippen LogP contribution in [0.15, 0.2) is 32.9 Å². The molecule has 1 aromatic carbocycles. The number of nitrogens with one attached hydrogen (secondary N) is 1. The molecular weight excluding hydrogens is 394 g/mol. The van der Waals surface area contributed by atoms with Gasteiger partial charge in [0.05, 0.1) is 22.8 Å². The Morgan fingerprint density at radius 3 is 2.74 bits per heavy atom. The molecule has 0 spiro atoms. The molecule has 3 aromatic rings. The van der Waals surface area contributed by atoms with Crippen LogP contribution in [0.3, 0.4) is 0 Å². The second-order valence-corrected chi connectivity index (χ2v) is 7.47. The highest BCUT2D eigenvalue weighted by Gasteiger charge is 2.13. The summed E-state index contributed by atoms with van der Waals surface area (Å²) in [6.45, 7) is 4.18. The van der Waals surface area contributed by atoms with E-state index in [0.717, 1.165) is 42.5 Å². The van der Waals surface area contributed by atoms with Gasteiger partial charge in [-0.3, -0.25) is 0 Å². The number of anilines is 1. The molecule has 0 saturated carbocycles. The highest BCUT2D eigenvalue weighted by molar-refractivity contribution is 9.10. The summed E-state index contributed by atoms with van der Waals surface area (Å²) in [5, 5.41) is 7.17. The van der Waals surface area contributed by atoms with Gasteiger partial charge in [0.15, 0.2) is 5.13 Å². The molecule has 0 aliphatic heterocycles. The minimum absolute atomic E-state index is 0.345. The van der Waals surface area contributed by atoms with Crippen LogP contribution in [0.25, 0.3) is 22.3 Å². The number of hydrogen-bond donors (Lipinski definition) is 2. The minimum atomic E-state index is 0.345. The van der Waals surface area contributed by atoms with E-state index in [1.54, 1.807) is 18.4 Å². The Hall–Kier alpha value is -1.31. The average Bonchev–Trinajstić information content (AvgIpc) is 2.96. The summed E-state index contributed by atoms with van der Waals surface area (Å²) in [5.74, 6) is 0.746. The molecule has 0 radical (unpaired) electrons. The number of rotatable bonds is 4. The number of halogens is 1. The molecule has 3 rings (SSSR count). The van der Waals surface area contributed by atoms with Crippen molar-refractivity contribution in [2.24, 2.45) is 0 Å². The Labute approximate surface area is 152 Å². The van der Waals surface area contributed by atoms with Gasteiger partial charge in [-0.05, 0) is 48.0 Å². The molecule has 120 valence electrons. The van der Waals surface area contributed by atoms with Gasteiger partial charge in [-0.2, -0.15) is 0 Å². The number of nitrogens with zero attached hydrogens (tertiary/aromatic N) is 2. The fourth-order valence-electron chi connectivity index (χ4n) is 2.22. The van der Waals surface area contributed by atoms with Gasteiger partial charge in [-0.1, -0.05) is 0 Å². The van der Waals surface area contributed by atoms with Crippen molar-refractivity contribution in [3.63, 3.8) is 0 Å². The van der Waals surface area contributed by atoms with Crippen molar-refractivity contribution in [1.82, 2.24) is 9.97 Å². The second kappa shape index (κ2) is 6.67. The lowest BCUT2D eigenvalue weighted by Crippen LogP contribution is -2.09. The minimum Gasteiger partial charge on any atom is -0.495 e. The van der Waals surface area contributed by atoms with Crippen LogP contribution in [-0.2, 0) is 0 Å². The number of fused-ring (bicyclic) bond motifs is 1. The molecule has 2 heterocycles. The van der Waals surface area contributed by atoms with Crippen molar-refractivity contribution in [1.29, 1.82) is 0 Å². The number of benzene rings is 1. The molecule has 4 nitrogen and oxygen atoms in total. The topological polar surface area (TPSA) is 47.0 Å². The van der Waals surface area contributed by atoms with E-state index in [-0.39, 0.29) is 0 Å². The van der Waals surface area contributed by atoms with E-state index in [1.807, 2.05) is 23.6 Å². The fraction of sp³-hybridized carbons (Fsp3) is 0.250. The summed E-state index contributed by atoms with van der Waals surface area (Å²) < 4.78 is 6.18. The van der Waals surface area contributed by atoms with E-state index in [4.69, 9.17) is 9.72 Å². The zero-order valence-electron chi connectivity index (χ0n) is 12.9. The molecule has 0 aliphatic carbocycles. The van der Waals surface area contributed by atoms with Gasteiger partial charge in [-0.25, -0.2) is 9.97 Å². The standard InChI is InChI=1S/C16H16BrN3OS2/c1-8(2)18-16-20-11(7-23-16)10-6-13(22)9-4-5-12(21-3)14(17)15(9)19-10/h4-8H,1-3H3,(H,18,20)(H,19,22). The number of thiazole rings is 1. The largest absolute Gasteiger partial charge is 0.495 e. The van der Waals surface area contributed by atoms with Crippen molar-refractivity contribution in [2.75, 3.05) is 12.4 Å². The van der Waals surface area contributed by atoms with E-state index in [1.165, 1.54) is 0 Å². The second-order valence-electron chi connectivity index (χ2n) is 5.34. The maximum atomic E-state index is 5.35. The number of ether oxygens (including phenoxy) is 1. The van der Waals surface area contributed by atoms with Crippen LogP contribution in [0.2, 0.25) is 0 Å². The first-order valence-electron chi connectivity index (χ1n) is 7.08. The third-order valence-electron chi connectivity index (χ3n) is 3.26. The van der Waals surface area contributed by atoms with Crippen LogP contribution in [0.4, 0.5) is 5.13 Å². The maximum Gasteiger partial charge on any atom is 0.183 e. The molecule has 0 fully saturated rings. The first kappa shape index (κ1) is 16.5. The highest BCUT2D eigenvalue weighted by atomic mass is 79.9. The van der Waals surface area contributed by atoms with Crippen LogP contribution in [0.5, 0.6) is 5.75 Å². The monoisotopic (exact) mass is 409 g/mol. The van der Waals surface area contributed by atoms with Crippen molar-refractivity contribution in [3.8, 4) is 17.1 Å². The lowest BCUT2D eigenvalue weighted by molar-refractivity contribution is 0.413. The molecule has 0 aliphatic rings. The van der Waals surface area contributed by atoms with E-state index in [2.05, 4.69) is 52.7 Å². The van der Waals surface area contributed by atoms with Crippen LogP contribution >= 0.6 is 39.9 Å². The van der Waals surface area contributed by atoms with Gasteiger partial charge in [0.2, 0.25) is 0 Å². The predicted molar refractivity (Wildman–Crippen MR) is 103 cm³/mol. The van der Waals surface area contributed by atoms with Gasteiger partial charge < -0.3 is 10.1 Å². The SMILES string of the molecule is COc1ccc2c(S)cc(-c3csc(NC(C)C)n3)nc2c1Br. The Kier molecular flexibility index (Phi) is 4.79. The van der Waals surface area contributed by atoms with Gasteiger partial charge in [-0.15, -0.1) is 24.0 Å². The number of hydrogen-bond acceptors (Lipinski definition) is 6. The highest BCUT2D eigenvalue weighted by Crippen LogP contribution is 2.36. The van der Waals surface area contributed by atoms with Gasteiger partial charge in [0, 0.05) is 21.7 Å². The zero-order valence-corrected chi connectivity index (χ0v) is 16.2. The molecule has 0 amide bonds. The van der Waals surface area contributed by atoms with Crippen LogP contribution < -0.4 is 10.1 Å². The van der Waals surface area contributed by atoms with Crippen LogP contribution in [0, 0.1) is 0 Å². The Morgan fingerprint density at radius 1 is 1.26 bits per heavy atom. The quantitative estimate of drug-likeness (QED) is 0.578. The Balaban J connectivity index is 2.11. The zero-order chi connectivity index (χ0) is 16.6. The van der Waals surface area contributed by atoms with Crippen LogP contribution in [0.1, 0.15) is 13.8 Å². The molecule has 0 atom stereocenters. The number of thiol groups is 1. The molecule has 2 aromatic heterocycles. The summed E-state index contributed by atoms with van der Waals surface area (Å²) in [5.41, 5.74) is 2.45. The normalized spacial score (nSPS) is 11.2. The third kappa shape index (κ3) is 3.32. The van der Waals surface area contributed by atoms with E-state index < -0.39 is 0 Å². The van der Waals surface area contributed by atoms with Gasteiger partial charge >= 0.3 is 0 Å². The molecule has 1 N–H and O–H groups in total. The third-order valence-corrected chi connectivity index (χ3v) is 5.17. The smallest absolute Gasteiger partial charge is 0.183 e. The summed E-state index contributed by atoms with van der Waals surface area (Å²) in [7, 11) is 1.64. The summed E-state index contributed by atoms with van der Waals surface area (Å²) in [4.78, 5) is 10.2. The first-order chi connectivity index (χ1) is 11.0. The van der Waals surface area contributed by atoms with Crippen molar-refractivity contribution < 1.29 is 4.74 Å². The Bertz CT molecular complexity index is 864. The van der Waals surface area contributed by atoms with E-state index >= 15 is 0 Å². The molecule has 7 heteroatoms. The van der Waals surface area contributed by atoms with Crippen molar-refractivity contribution >= 4 is 55.9 Å². The van der Waals surface area contributed by atoms with Crippen LogP contribution in [-0.4, -0.2) is 23.1 Å². The summed E-state index contributed by atoms with van der Waals surface area (Å²) >= 11 is 9.74. The first-order valence-corrected chi connectivity index (χ1v) is 9.20. The number of aromatic nitrogens is 2. The van der Waals surface area contributed by atoms with Crippen molar-refractivity contribution in [3.05, 3.63) is 28.1 Å². The fourth-order valence-corrected chi connectivity index (χ4v) is 3.97. The average molecular weight is 410 g/mol. The summed E-state index contributed by atoms with van der Waals surface area (Å²) in [6.07, 6.45) is 0. The summed E-state index contributed by atoms with van der Waals surface area (Å²) in [6, 6.07) is 6.15. The molecule has 0 bridgehead atoms. The number of methoxy groups -OCH3 is 1. The maximum absolute atomic E-state index is 5.35. The van der Waals surface area contributed by atoms with E-state index in [9.17, 15) is 0 Å². The Morgan fingerprint density at radius 2 is 2.04 bits per heavy atom. The van der Waals surface area contributed by atoms with Gasteiger partial charge in [0.1, 0.15) is 11.4 Å².